The lowest BCUT2D eigenvalue weighted by Gasteiger charge is -2.49. The second kappa shape index (κ2) is 5.64. The van der Waals surface area contributed by atoms with Gasteiger partial charge in [0, 0.05) is 30.4 Å². The van der Waals surface area contributed by atoms with Crippen LogP contribution in [0.4, 0.5) is 5.69 Å². The van der Waals surface area contributed by atoms with Crippen molar-refractivity contribution in [2.75, 3.05) is 18.0 Å². The SMILES string of the molecule is Cc1ccc(N2CC3(CCCC3)NCC2C(C)C)c(C)c1. The van der Waals surface area contributed by atoms with Gasteiger partial charge in [-0.05, 0) is 44.2 Å². The van der Waals surface area contributed by atoms with Gasteiger partial charge < -0.3 is 10.2 Å². The van der Waals surface area contributed by atoms with Gasteiger partial charge in [-0.2, -0.15) is 0 Å². The van der Waals surface area contributed by atoms with Crippen LogP contribution in [0.15, 0.2) is 18.2 Å². The molecule has 2 fully saturated rings. The van der Waals surface area contributed by atoms with Crippen LogP contribution >= 0.6 is 0 Å². The molecular formula is C19H30N2. The smallest absolute Gasteiger partial charge is 0.0438 e. The van der Waals surface area contributed by atoms with Crippen molar-refractivity contribution < 1.29 is 0 Å². The minimum atomic E-state index is 0.378. The van der Waals surface area contributed by atoms with Crippen molar-refractivity contribution in [1.82, 2.24) is 5.32 Å². The fourth-order valence-electron chi connectivity index (χ4n) is 4.30. The molecule has 1 aliphatic carbocycles. The van der Waals surface area contributed by atoms with Crippen LogP contribution in [-0.4, -0.2) is 24.7 Å². The van der Waals surface area contributed by atoms with Crippen LogP contribution in [0.3, 0.4) is 0 Å². The number of nitrogens with one attached hydrogen (secondary N) is 1. The number of hydrogen-bond donors (Lipinski definition) is 1. The zero-order valence-electron chi connectivity index (χ0n) is 14.1. The zero-order chi connectivity index (χ0) is 15.0. The van der Waals surface area contributed by atoms with Gasteiger partial charge in [-0.1, -0.05) is 44.4 Å². The molecule has 21 heavy (non-hydrogen) atoms. The largest absolute Gasteiger partial charge is 0.365 e. The van der Waals surface area contributed by atoms with E-state index in [0.29, 0.717) is 17.5 Å². The summed E-state index contributed by atoms with van der Waals surface area (Å²) in [7, 11) is 0. The topological polar surface area (TPSA) is 15.3 Å². The third-order valence-electron chi connectivity index (χ3n) is 5.55. The molecule has 0 radical (unpaired) electrons. The molecule has 1 atom stereocenters. The van der Waals surface area contributed by atoms with E-state index in [1.165, 1.54) is 49.0 Å². The van der Waals surface area contributed by atoms with Crippen molar-refractivity contribution >= 4 is 5.69 Å². The second-order valence-corrected chi connectivity index (χ2v) is 7.60. The first-order valence-electron chi connectivity index (χ1n) is 8.60. The van der Waals surface area contributed by atoms with Crippen LogP contribution in [0.1, 0.15) is 50.7 Å². The Bertz CT molecular complexity index is 500. The highest BCUT2D eigenvalue weighted by molar-refractivity contribution is 5.56. The summed E-state index contributed by atoms with van der Waals surface area (Å²) >= 11 is 0. The molecule has 0 aromatic heterocycles. The highest BCUT2D eigenvalue weighted by Crippen LogP contribution is 2.37. The van der Waals surface area contributed by atoms with Crippen LogP contribution in [0, 0.1) is 19.8 Å². The third-order valence-corrected chi connectivity index (χ3v) is 5.55. The Hall–Kier alpha value is -1.02. The van der Waals surface area contributed by atoms with Crippen molar-refractivity contribution in [1.29, 1.82) is 0 Å². The Morgan fingerprint density at radius 3 is 2.52 bits per heavy atom. The first-order valence-corrected chi connectivity index (χ1v) is 8.60. The molecule has 1 unspecified atom stereocenters. The molecule has 2 nitrogen and oxygen atoms in total. The molecule has 116 valence electrons. The predicted octanol–water partition coefficient (Wildman–Crippen LogP) is 4.05. The lowest BCUT2D eigenvalue weighted by Crippen LogP contribution is -2.64. The monoisotopic (exact) mass is 286 g/mol. The molecule has 0 amide bonds. The Kier molecular flexibility index (Phi) is 4.00. The van der Waals surface area contributed by atoms with E-state index >= 15 is 0 Å². The lowest BCUT2D eigenvalue weighted by molar-refractivity contribution is 0.245. The fraction of sp³-hybridized carbons (Fsp3) is 0.684. The van der Waals surface area contributed by atoms with Crippen LogP contribution in [0.2, 0.25) is 0 Å². The third kappa shape index (κ3) is 2.83. The summed E-state index contributed by atoms with van der Waals surface area (Å²) in [5.41, 5.74) is 4.62. The summed E-state index contributed by atoms with van der Waals surface area (Å²) in [5, 5.41) is 3.91. The van der Waals surface area contributed by atoms with E-state index in [2.05, 4.69) is 56.1 Å². The van der Waals surface area contributed by atoms with Gasteiger partial charge in [0.15, 0.2) is 0 Å². The molecule has 1 heterocycles. The summed E-state index contributed by atoms with van der Waals surface area (Å²) < 4.78 is 0. The van der Waals surface area contributed by atoms with E-state index in [1.54, 1.807) is 0 Å². The number of rotatable bonds is 2. The van der Waals surface area contributed by atoms with Gasteiger partial charge in [0.1, 0.15) is 0 Å². The molecule has 3 rings (SSSR count). The maximum absolute atomic E-state index is 3.91. The van der Waals surface area contributed by atoms with E-state index in [9.17, 15) is 0 Å². The van der Waals surface area contributed by atoms with Gasteiger partial charge in [-0.15, -0.1) is 0 Å². The van der Waals surface area contributed by atoms with Crippen molar-refractivity contribution in [2.45, 2.75) is 65.0 Å². The molecule has 1 aromatic rings. The van der Waals surface area contributed by atoms with E-state index in [1.807, 2.05) is 0 Å². The summed E-state index contributed by atoms with van der Waals surface area (Å²) in [4.78, 5) is 2.71. The Labute approximate surface area is 129 Å². The fourth-order valence-corrected chi connectivity index (χ4v) is 4.30. The standard InChI is InChI=1S/C19H30N2/c1-14(2)18-12-20-19(9-5-6-10-19)13-21(18)17-8-7-15(3)11-16(17)4/h7-8,11,14,18,20H,5-6,9-10,12-13H2,1-4H3. The molecule has 2 aliphatic rings. The van der Waals surface area contributed by atoms with E-state index in [-0.39, 0.29) is 0 Å². The number of piperazine rings is 1. The first-order chi connectivity index (χ1) is 10.0. The molecule has 1 saturated carbocycles. The molecule has 0 bridgehead atoms. The number of benzene rings is 1. The van der Waals surface area contributed by atoms with Crippen molar-refractivity contribution in [3.05, 3.63) is 29.3 Å². The Morgan fingerprint density at radius 1 is 1.19 bits per heavy atom. The normalized spacial score (nSPS) is 25.0. The molecule has 1 saturated heterocycles. The molecule has 1 N–H and O–H groups in total. The molecule has 2 heteroatoms. The average Bonchev–Trinajstić information content (AvgIpc) is 2.86. The van der Waals surface area contributed by atoms with Gasteiger partial charge in [-0.3, -0.25) is 0 Å². The van der Waals surface area contributed by atoms with Gasteiger partial charge >= 0.3 is 0 Å². The van der Waals surface area contributed by atoms with Crippen LogP contribution in [-0.2, 0) is 0 Å². The molecular weight excluding hydrogens is 256 g/mol. The minimum absolute atomic E-state index is 0.378. The van der Waals surface area contributed by atoms with Crippen molar-refractivity contribution in [3.8, 4) is 0 Å². The van der Waals surface area contributed by atoms with Crippen LogP contribution < -0.4 is 10.2 Å². The Morgan fingerprint density at radius 2 is 1.90 bits per heavy atom. The van der Waals surface area contributed by atoms with Gasteiger partial charge in [-0.25, -0.2) is 0 Å². The summed E-state index contributed by atoms with van der Waals surface area (Å²) in [6, 6.07) is 7.55. The highest BCUT2D eigenvalue weighted by Gasteiger charge is 2.42. The van der Waals surface area contributed by atoms with Crippen LogP contribution in [0.25, 0.3) is 0 Å². The van der Waals surface area contributed by atoms with Crippen LogP contribution in [0.5, 0.6) is 0 Å². The minimum Gasteiger partial charge on any atom is -0.365 e. The number of hydrogen-bond acceptors (Lipinski definition) is 2. The summed E-state index contributed by atoms with van der Waals surface area (Å²) in [6.07, 6.45) is 5.47. The van der Waals surface area contributed by atoms with Gasteiger partial charge in [0.25, 0.3) is 0 Å². The lowest BCUT2D eigenvalue weighted by atomic mass is 9.88. The Balaban J connectivity index is 1.93. The molecule has 1 aromatic carbocycles. The number of aryl methyl sites for hydroxylation is 2. The highest BCUT2D eigenvalue weighted by atomic mass is 15.3. The average molecular weight is 286 g/mol. The predicted molar refractivity (Wildman–Crippen MR) is 91.1 cm³/mol. The van der Waals surface area contributed by atoms with E-state index < -0.39 is 0 Å². The quantitative estimate of drug-likeness (QED) is 0.882. The number of anilines is 1. The summed E-state index contributed by atoms with van der Waals surface area (Å²) in [6.45, 7) is 11.5. The zero-order valence-corrected chi connectivity index (χ0v) is 14.1. The maximum atomic E-state index is 3.91. The molecule has 1 aliphatic heterocycles. The first kappa shape index (κ1) is 14.9. The molecule has 1 spiro atoms. The van der Waals surface area contributed by atoms with Gasteiger partial charge in [0.05, 0.1) is 0 Å². The van der Waals surface area contributed by atoms with Gasteiger partial charge in [0.2, 0.25) is 0 Å². The van der Waals surface area contributed by atoms with E-state index in [0.717, 1.165) is 6.54 Å². The van der Waals surface area contributed by atoms with Crippen molar-refractivity contribution in [2.24, 2.45) is 5.92 Å². The van der Waals surface area contributed by atoms with E-state index in [4.69, 9.17) is 0 Å². The number of nitrogens with zero attached hydrogens (tertiary/aromatic N) is 1. The second-order valence-electron chi connectivity index (χ2n) is 7.60. The van der Waals surface area contributed by atoms with Crippen molar-refractivity contribution in [3.63, 3.8) is 0 Å². The maximum Gasteiger partial charge on any atom is 0.0438 e. The summed E-state index contributed by atoms with van der Waals surface area (Å²) in [5.74, 6) is 0.678.